The third kappa shape index (κ3) is 2.16. The van der Waals surface area contributed by atoms with Crippen LogP contribution in [0.25, 0.3) is 16.6 Å². The van der Waals surface area contributed by atoms with E-state index in [0.717, 1.165) is 0 Å². The molecule has 0 bridgehead atoms. The van der Waals surface area contributed by atoms with Crippen LogP contribution in [0.1, 0.15) is 10.4 Å². The number of nitro groups is 1. The normalized spacial score (nSPS) is 10.7. The molecule has 0 fully saturated rings. The van der Waals surface area contributed by atoms with Gasteiger partial charge in [0.15, 0.2) is 6.29 Å². The maximum absolute atomic E-state index is 13.0. The zero-order chi connectivity index (χ0) is 15.0. The first-order chi connectivity index (χ1) is 10.1. The zero-order valence-corrected chi connectivity index (χ0v) is 10.7. The van der Waals surface area contributed by atoms with Crippen LogP contribution in [0.15, 0.2) is 48.7 Å². The first-order valence-electron chi connectivity index (χ1n) is 6.11. The molecule has 0 unspecified atom stereocenters. The maximum atomic E-state index is 13.0. The summed E-state index contributed by atoms with van der Waals surface area (Å²) in [6, 6.07) is 10.1. The van der Waals surface area contributed by atoms with Crippen molar-refractivity contribution < 1.29 is 14.1 Å². The van der Waals surface area contributed by atoms with Crippen LogP contribution in [-0.2, 0) is 0 Å². The summed E-state index contributed by atoms with van der Waals surface area (Å²) < 4.78 is 14.7. The smallest absolute Gasteiger partial charge is 0.270 e. The Bertz CT molecular complexity index is 853. The van der Waals surface area contributed by atoms with Crippen LogP contribution in [0, 0.1) is 15.9 Å². The van der Waals surface area contributed by atoms with E-state index in [9.17, 15) is 19.3 Å². The molecule has 0 atom stereocenters. The third-order valence-electron chi connectivity index (χ3n) is 3.26. The second-order valence-corrected chi connectivity index (χ2v) is 4.51. The molecule has 104 valence electrons. The van der Waals surface area contributed by atoms with Gasteiger partial charge in [0.1, 0.15) is 5.82 Å². The summed E-state index contributed by atoms with van der Waals surface area (Å²) in [5, 5.41) is 11.3. The highest BCUT2D eigenvalue weighted by Gasteiger charge is 2.14. The van der Waals surface area contributed by atoms with E-state index in [2.05, 4.69) is 0 Å². The Morgan fingerprint density at radius 3 is 2.48 bits per heavy atom. The summed E-state index contributed by atoms with van der Waals surface area (Å²) in [4.78, 5) is 21.5. The SMILES string of the molecule is O=Cc1cn(-c2ccc(F)cc2)c2ccc([N+](=O)[O-])cc12. The number of hydrogen-bond donors (Lipinski definition) is 0. The molecule has 0 aliphatic rings. The Labute approximate surface area is 118 Å². The van der Waals surface area contributed by atoms with Gasteiger partial charge in [-0.25, -0.2) is 4.39 Å². The van der Waals surface area contributed by atoms with Crippen molar-refractivity contribution in [1.29, 1.82) is 0 Å². The Morgan fingerprint density at radius 1 is 1.14 bits per heavy atom. The molecule has 3 rings (SSSR count). The van der Waals surface area contributed by atoms with Gasteiger partial charge in [0, 0.05) is 35.0 Å². The number of carbonyl (C=O) groups is 1. The van der Waals surface area contributed by atoms with Gasteiger partial charge >= 0.3 is 0 Å². The number of hydrogen-bond acceptors (Lipinski definition) is 3. The van der Waals surface area contributed by atoms with E-state index in [0.29, 0.717) is 28.4 Å². The Hall–Kier alpha value is -3.02. The van der Waals surface area contributed by atoms with Crippen molar-refractivity contribution in [2.75, 3.05) is 0 Å². The van der Waals surface area contributed by atoms with E-state index in [4.69, 9.17) is 0 Å². The Balaban J connectivity index is 2.27. The molecule has 0 saturated carbocycles. The number of rotatable bonds is 3. The maximum Gasteiger partial charge on any atom is 0.270 e. The summed E-state index contributed by atoms with van der Waals surface area (Å²) in [5.74, 6) is -0.360. The molecular weight excluding hydrogens is 275 g/mol. The number of fused-ring (bicyclic) bond motifs is 1. The van der Waals surface area contributed by atoms with E-state index in [1.807, 2.05) is 0 Å². The first-order valence-corrected chi connectivity index (χ1v) is 6.11. The summed E-state index contributed by atoms with van der Waals surface area (Å²) in [6.45, 7) is 0. The minimum absolute atomic E-state index is 0.0811. The number of aromatic nitrogens is 1. The van der Waals surface area contributed by atoms with Crippen molar-refractivity contribution in [3.05, 3.63) is 70.2 Å². The molecular formula is C15H9FN2O3. The first kappa shape index (κ1) is 13.0. The fourth-order valence-corrected chi connectivity index (χ4v) is 2.27. The summed E-state index contributed by atoms with van der Waals surface area (Å²) in [7, 11) is 0. The van der Waals surface area contributed by atoms with Gasteiger partial charge in [0.05, 0.1) is 10.4 Å². The topological polar surface area (TPSA) is 65.1 Å². The van der Waals surface area contributed by atoms with Crippen LogP contribution in [0.2, 0.25) is 0 Å². The summed E-state index contributed by atoms with van der Waals surface area (Å²) in [6.07, 6.45) is 2.22. The van der Waals surface area contributed by atoms with Crippen molar-refractivity contribution in [3.63, 3.8) is 0 Å². The van der Waals surface area contributed by atoms with Crippen LogP contribution in [-0.4, -0.2) is 15.8 Å². The van der Waals surface area contributed by atoms with E-state index in [-0.39, 0.29) is 11.5 Å². The Kier molecular flexibility index (Phi) is 2.98. The second-order valence-electron chi connectivity index (χ2n) is 4.51. The highest BCUT2D eigenvalue weighted by Crippen LogP contribution is 2.27. The average Bonchev–Trinajstić information content (AvgIpc) is 2.86. The highest BCUT2D eigenvalue weighted by molar-refractivity contribution is 5.99. The highest BCUT2D eigenvalue weighted by atomic mass is 19.1. The largest absolute Gasteiger partial charge is 0.316 e. The van der Waals surface area contributed by atoms with Gasteiger partial charge in [-0.15, -0.1) is 0 Å². The predicted molar refractivity (Wildman–Crippen MR) is 75.3 cm³/mol. The number of halogens is 1. The number of nitro benzene ring substituents is 1. The molecule has 6 heteroatoms. The van der Waals surface area contributed by atoms with Gasteiger partial charge in [-0.2, -0.15) is 0 Å². The van der Waals surface area contributed by atoms with Crippen molar-refractivity contribution in [2.45, 2.75) is 0 Å². The number of benzene rings is 2. The van der Waals surface area contributed by atoms with E-state index >= 15 is 0 Å². The molecule has 0 aliphatic carbocycles. The van der Waals surface area contributed by atoms with Crippen molar-refractivity contribution in [3.8, 4) is 5.69 Å². The van der Waals surface area contributed by atoms with Crippen molar-refractivity contribution in [1.82, 2.24) is 4.57 Å². The lowest BCUT2D eigenvalue weighted by Crippen LogP contribution is -1.92. The van der Waals surface area contributed by atoms with Gasteiger partial charge in [-0.1, -0.05) is 0 Å². The predicted octanol–water partition coefficient (Wildman–Crippen LogP) is 3.49. The molecule has 0 saturated heterocycles. The zero-order valence-electron chi connectivity index (χ0n) is 10.7. The van der Waals surface area contributed by atoms with E-state index in [1.54, 1.807) is 29.0 Å². The molecule has 2 aromatic carbocycles. The van der Waals surface area contributed by atoms with Crippen LogP contribution in [0.5, 0.6) is 0 Å². The van der Waals surface area contributed by atoms with Crippen molar-refractivity contribution >= 4 is 22.9 Å². The van der Waals surface area contributed by atoms with Gasteiger partial charge in [0.25, 0.3) is 5.69 Å². The lowest BCUT2D eigenvalue weighted by molar-refractivity contribution is -0.384. The molecule has 1 heterocycles. The lowest BCUT2D eigenvalue weighted by atomic mass is 10.2. The fraction of sp³-hybridized carbons (Fsp3) is 0. The molecule has 0 amide bonds. The fourth-order valence-electron chi connectivity index (χ4n) is 2.27. The molecule has 1 aromatic heterocycles. The molecule has 0 radical (unpaired) electrons. The van der Waals surface area contributed by atoms with Crippen LogP contribution in [0.3, 0.4) is 0 Å². The quantitative estimate of drug-likeness (QED) is 0.420. The number of nitrogens with zero attached hydrogens (tertiary/aromatic N) is 2. The number of carbonyl (C=O) groups excluding carboxylic acids is 1. The van der Waals surface area contributed by atoms with Gasteiger partial charge < -0.3 is 4.57 Å². The third-order valence-corrected chi connectivity index (χ3v) is 3.26. The van der Waals surface area contributed by atoms with Gasteiger partial charge in [-0.05, 0) is 30.3 Å². The second kappa shape index (κ2) is 4.82. The van der Waals surface area contributed by atoms with Crippen LogP contribution >= 0.6 is 0 Å². The molecule has 0 N–H and O–H groups in total. The lowest BCUT2D eigenvalue weighted by Gasteiger charge is -2.04. The molecule has 0 spiro atoms. The molecule has 5 nitrogen and oxygen atoms in total. The molecule has 21 heavy (non-hydrogen) atoms. The van der Waals surface area contributed by atoms with Crippen LogP contribution in [0.4, 0.5) is 10.1 Å². The van der Waals surface area contributed by atoms with Crippen LogP contribution < -0.4 is 0 Å². The molecule has 0 aliphatic heterocycles. The van der Waals surface area contributed by atoms with Gasteiger partial charge in [-0.3, -0.25) is 14.9 Å². The molecule has 3 aromatic rings. The minimum atomic E-state index is -0.511. The summed E-state index contributed by atoms with van der Waals surface area (Å²) in [5.41, 5.74) is 1.58. The van der Waals surface area contributed by atoms with Crippen molar-refractivity contribution in [2.24, 2.45) is 0 Å². The number of non-ortho nitro benzene ring substituents is 1. The monoisotopic (exact) mass is 284 g/mol. The number of aldehydes is 1. The van der Waals surface area contributed by atoms with Gasteiger partial charge in [0.2, 0.25) is 0 Å². The summed E-state index contributed by atoms with van der Waals surface area (Å²) >= 11 is 0. The minimum Gasteiger partial charge on any atom is -0.316 e. The van der Waals surface area contributed by atoms with E-state index in [1.165, 1.54) is 24.3 Å². The Morgan fingerprint density at radius 2 is 1.86 bits per heavy atom. The van der Waals surface area contributed by atoms with E-state index < -0.39 is 4.92 Å². The average molecular weight is 284 g/mol. The standard InChI is InChI=1S/C15H9FN2O3/c16-11-1-3-12(4-2-11)17-8-10(9-19)14-7-13(18(20)21)5-6-15(14)17/h1-9H.